The molecule has 2 aliphatic heterocycles. The number of nitrogens with zero attached hydrogens (tertiary/aromatic N) is 4. The number of hydrogen-bond acceptors (Lipinski definition) is 5. The summed E-state index contributed by atoms with van der Waals surface area (Å²) in [5.74, 6) is 0.358. The van der Waals surface area contributed by atoms with E-state index in [9.17, 15) is 9.59 Å². The third-order valence-corrected chi connectivity index (χ3v) is 8.42. The molecule has 6 rings (SSSR count). The van der Waals surface area contributed by atoms with Gasteiger partial charge in [0.1, 0.15) is 5.69 Å². The SMILES string of the molecule is O=C(c1c(-c2ccccc2)n(-c2cccc(N3CCOCC3)c2)c(=O)n1CC1CCCCC1)N1CCNCC1. The second-order valence-electron chi connectivity index (χ2n) is 11.0. The van der Waals surface area contributed by atoms with Crippen molar-refractivity contribution in [2.45, 2.75) is 38.6 Å². The van der Waals surface area contributed by atoms with E-state index in [0.29, 0.717) is 50.2 Å². The smallest absolute Gasteiger partial charge is 0.333 e. The molecule has 8 heteroatoms. The minimum atomic E-state index is -0.128. The second-order valence-corrected chi connectivity index (χ2v) is 11.0. The number of anilines is 1. The van der Waals surface area contributed by atoms with E-state index in [1.807, 2.05) is 51.9 Å². The van der Waals surface area contributed by atoms with E-state index < -0.39 is 0 Å². The molecule has 8 nitrogen and oxygen atoms in total. The van der Waals surface area contributed by atoms with Gasteiger partial charge in [-0.3, -0.25) is 13.9 Å². The van der Waals surface area contributed by atoms with Gasteiger partial charge in [0.25, 0.3) is 5.91 Å². The minimum Gasteiger partial charge on any atom is -0.378 e. The molecule has 206 valence electrons. The van der Waals surface area contributed by atoms with E-state index in [-0.39, 0.29) is 11.6 Å². The average Bonchev–Trinajstić information content (AvgIpc) is 3.30. The first-order valence-corrected chi connectivity index (χ1v) is 14.5. The topological polar surface area (TPSA) is 71.7 Å². The molecule has 3 heterocycles. The largest absolute Gasteiger partial charge is 0.378 e. The van der Waals surface area contributed by atoms with Crippen molar-refractivity contribution >= 4 is 11.6 Å². The van der Waals surface area contributed by atoms with Crippen LogP contribution in [0.1, 0.15) is 42.6 Å². The van der Waals surface area contributed by atoms with Gasteiger partial charge in [-0.05, 0) is 37.0 Å². The molecule has 1 aliphatic carbocycles. The first kappa shape index (κ1) is 25.9. The summed E-state index contributed by atoms with van der Waals surface area (Å²) in [5, 5.41) is 3.35. The predicted octanol–water partition coefficient (Wildman–Crippen LogP) is 3.77. The summed E-state index contributed by atoms with van der Waals surface area (Å²) in [5.41, 5.74) is 3.83. The highest BCUT2D eigenvalue weighted by atomic mass is 16.5. The fourth-order valence-corrected chi connectivity index (χ4v) is 6.33. The number of hydrogen-bond donors (Lipinski definition) is 1. The third kappa shape index (κ3) is 5.40. The number of carbonyl (C=O) groups is 1. The van der Waals surface area contributed by atoms with Crippen LogP contribution in [0.4, 0.5) is 5.69 Å². The number of nitrogens with one attached hydrogen (secondary N) is 1. The maximum absolute atomic E-state index is 14.4. The Labute approximate surface area is 230 Å². The monoisotopic (exact) mass is 529 g/mol. The summed E-state index contributed by atoms with van der Waals surface area (Å²) in [6.45, 7) is 6.43. The number of amides is 1. The molecule has 2 aromatic carbocycles. The van der Waals surface area contributed by atoms with Gasteiger partial charge in [0, 0.05) is 57.1 Å². The van der Waals surface area contributed by atoms with Crippen molar-refractivity contribution in [3.05, 3.63) is 70.8 Å². The first-order valence-electron chi connectivity index (χ1n) is 14.5. The first-order chi connectivity index (χ1) is 19.2. The van der Waals surface area contributed by atoms with Crippen molar-refractivity contribution in [2.75, 3.05) is 57.4 Å². The van der Waals surface area contributed by atoms with Gasteiger partial charge in [0.15, 0.2) is 0 Å². The van der Waals surface area contributed by atoms with E-state index in [2.05, 4.69) is 22.3 Å². The lowest BCUT2D eigenvalue weighted by Gasteiger charge is -2.29. The van der Waals surface area contributed by atoms with Crippen LogP contribution in [0.5, 0.6) is 0 Å². The zero-order valence-corrected chi connectivity index (χ0v) is 22.7. The summed E-state index contributed by atoms with van der Waals surface area (Å²) in [4.78, 5) is 32.9. The molecule has 0 bridgehead atoms. The highest BCUT2D eigenvalue weighted by Gasteiger charge is 2.32. The molecular weight excluding hydrogens is 490 g/mol. The number of carbonyl (C=O) groups excluding carboxylic acids is 1. The molecular formula is C31H39N5O3. The Bertz CT molecular complexity index is 1330. The Morgan fingerprint density at radius 1 is 0.872 bits per heavy atom. The highest BCUT2D eigenvalue weighted by molar-refractivity contribution is 5.99. The van der Waals surface area contributed by atoms with Crippen LogP contribution in [-0.4, -0.2) is 72.4 Å². The van der Waals surface area contributed by atoms with Gasteiger partial charge in [-0.1, -0.05) is 55.7 Å². The van der Waals surface area contributed by atoms with Gasteiger partial charge in [0.05, 0.1) is 24.6 Å². The Morgan fingerprint density at radius 3 is 2.33 bits per heavy atom. The summed E-state index contributed by atoms with van der Waals surface area (Å²) < 4.78 is 9.16. The van der Waals surface area contributed by atoms with E-state index >= 15 is 0 Å². The molecule has 1 aromatic heterocycles. The van der Waals surface area contributed by atoms with Crippen molar-refractivity contribution in [3.63, 3.8) is 0 Å². The number of rotatable bonds is 6. The summed E-state index contributed by atoms with van der Waals surface area (Å²) >= 11 is 0. The number of aromatic nitrogens is 2. The lowest BCUT2D eigenvalue weighted by Crippen LogP contribution is -2.47. The minimum absolute atomic E-state index is 0.0497. The van der Waals surface area contributed by atoms with Crippen LogP contribution in [0.25, 0.3) is 16.9 Å². The second kappa shape index (κ2) is 11.8. The van der Waals surface area contributed by atoms with Gasteiger partial charge < -0.3 is 19.9 Å². The lowest BCUT2D eigenvalue weighted by molar-refractivity contribution is 0.0723. The highest BCUT2D eigenvalue weighted by Crippen LogP contribution is 2.31. The molecule has 0 unspecified atom stereocenters. The zero-order chi connectivity index (χ0) is 26.6. The number of piperazine rings is 1. The van der Waals surface area contributed by atoms with Crippen molar-refractivity contribution in [2.24, 2.45) is 5.92 Å². The average molecular weight is 530 g/mol. The molecule has 3 fully saturated rings. The third-order valence-electron chi connectivity index (χ3n) is 8.42. The molecule has 0 atom stereocenters. The van der Waals surface area contributed by atoms with Crippen LogP contribution < -0.4 is 15.9 Å². The summed E-state index contributed by atoms with van der Waals surface area (Å²) in [6, 6.07) is 18.1. The normalized spacial score (nSPS) is 18.9. The van der Waals surface area contributed by atoms with Crippen LogP contribution in [-0.2, 0) is 11.3 Å². The molecule has 1 N–H and O–H groups in total. The van der Waals surface area contributed by atoms with Gasteiger partial charge in [-0.2, -0.15) is 0 Å². The molecule has 1 saturated carbocycles. The van der Waals surface area contributed by atoms with Crippen LogP contribution in [0.3, 0.4) is 0 Å². The summed E-state index contributed by atoms with van der Waals surface area (Å²) in [7, 11) is 0. The van der Waals surface area contributed by atoms with Crippen molar-refractivity contribution < 1.29 is 9.53 Å². The molecule has 3 aliphatic rings. The van der Waals surface area contributed by atoms with Gasteiger partial charge in [0.2, 0.25) is 0 Å². The van der Waals surface area contributed by atoms with Crippen molar-refractivity contribution in [3.8, 4) is 16.9 Å². The van der Waals surface area contributed by atoms with Gasteiger partial charge >= 0.3 is 5.69 Å². The maximum Gasteiger partial charge on any atom is 0.333 e. The standard InChI is InChI=1S/C31H39N5O3/c37-30(34-16-14-32-15-17-34)29-28(25-10-5-2-6-11-25)36(31(38)35(29)23-24-8-3-1-4-9-24)27-13-7-12-26(22-27)33-18-20-39-21-19-33/h2,5-7,10-13,22,24,32H,1,3-4,8-9,14-21,23H2. The Balaban J connectivity index is 1.53. The van der Waals surface area contributed by atoms with Gasteiger partial charge in [-0.25, -0.2) is 4.79 Å². The quantitative estimate of drug-likeness (QED) is 0.527. The maximum atomic E-state index is 14.4. The Kier molecular flexibility index (Phi) is 7.83. The van der Waals surface area contributed by atoms with E-state index in [0.717, 1.165) is 56.0 Å². The Hall–Kier alpha value is -3.36. The molecule has 0 radical (unpaired) electrons. The predicted molar refractivity (Wildman–Crippen MR) is 154 cm³/mol. The number of imidazole rings is 1. The van der Waals surface area contributed by atoms with Crippen molar-refractivity contribution in [1.82, 2.24) is 19.4 Å². The molecule has 1 amide bonds. The summed E-state index contributed by atoms with van der Waals surface area (Å²) in [6.07, 6.45) is 5.84. The zero-order valence-electron chi connectivity index (χ0n) is 22.7. The fraction of sp³-hybridized carbons (Fsp3) is 0.484. The molecule has 39 heavy (non-hydrogen) atoms. The number of benzene rings is 2. The Morgan fingerprint density at radius 2 is 1.59 bits per heavy atom. The van der Waals surface area contributed by atoms with Crippen LogP contribution >= 0.6 is 0 Å². The van der Waals surface area contributed by atoms with Crippen LogP contribution in [0, 0.1) is 5.92 Å². The molecule has 2 saturated heterocycles. The van der Waals surface area contributed by atoms with Gasteiger partial charge in [-0.15, -0.1) is 0 Å². The number of ether oxygens (including phenoxy) is 1. The van der Waals surface area contributed by atoms with E-state index in [4.69, 9.17) is 4.74 Å². The fourth-order valence-electron chi connectivity index (χ4n) is 6.33. The van der Waals surface area contributed by atoms with E-state index in [1.165, 1.54) is 19.3 Å². The van der Waals surface area contributed by atoms with E-state index in [1.54, 1.807) is 4.57 Å². The lowest BCUT2D eigenvalue weighted by atomic mass is 9.89. The number of morpholine rings is 1. The van der Waals surface area contributed by atoms with Crippen LogP contribution in [0.15, 0.2) is 59.4 Å². The molecule has 0 spiro atoms. The van der Waals surface area contributed by atoms with Crippen molar-refractivity contribution in [1.29, 1.82) is 0 Å². The molecule has 3 aromatic rings. The van der Waals surface area contributed by atoms with Crippen LogP contribution in [0.2, 0.25) is 0 Å².